The van der Waals surface area contributed by atoms with Crippen LogP contribution in [0.1, 0.15) is 22.3 Å². The van der Waals surface area contributed by atoms with Gasteiger partial charge >= 0.3 is 0 Å². The summed E-state index contributed by atoms with van der Waals surface area (Å²) in [5.41, 5.74) is 3.20. The molecule has 6 rings (SSSR count). The average Bonchev–Trinajstić information content (AvgIpc) is 3.03. The van der Waals surface area contributed by atoms with Crippen molar-refractivity contribution in [2.45, 2.75) is 13.3 Å². The first-order valence-electron chi connectivity index (χ1n) is 14.6. The van der Waals surface area contributed by atoms with Crippen LogP contribution < -0.4 is 19.5 Å². The molecule has 0 bridgehead atoms. The quantitative estimate of drug-likeness (QED) is 0.182. The fourth-order valence-corrected chi connectivity index (χ4v) is 5.36. The van der Waals surface area contributed by atoms with Crippen molar-refractivity contribution >= 4 is 33.3 Å². The summed E-state index contributed by atoms with van der Waals surface area (Å²) in [6.45, 7) is 7.07. The largest absolute Gasteiger partial charge is 0.493 e. The van der Waals surface area contributed by atoms with Crippen LogP contribution >= 0.6 is 0 Å². The number of nitrogens with zero attached hydrogens (tertiary/aromatic N) is 2. The number of ether oxygens (including phenoxy) is 4. The molecule has 0 spiro atoms. The summed E-state index contributed by atoms with van der Waals surface area (Å²) < 4.78 is 23.6. The number of aromatic nitrogens is 1. The molecule has 1 saturated heterocycles. The van der Waals surface area contributed by atoms with E-state index in [4.69, 9.17) is 18.9 Å². The fraction of sp³-hybridized carbons (Fsp3) is 0.257. The minimum Gasteiger partial charge on any atom is -0.493 e. The van der Waals surface area contributed by atoms with Gasteiger partial charge < -0.3 is 24.3 Å². The molecule has 1 fully saturated rings. The van der Waals surface area contributed by atoms with Crippen molar-refractivity contribution in [1.29, 1.82) is 0 Å². The Bertz CT molecular complexity index is 1750. The molecule has 43 heavy (non-hydrogen) atoms. The van der Waals surface area contributed by atoms with Crippen molar-refractivity contribution in [3.63, 3.8) is 0 Å². The third-order valence-corrected chi connectivity index (χ3v) is 7.57. The van der Waals surface area contributed by atoms with Crippen molar-refractivity contribution < 1.29 is 23.7 Å². The number of anilines is 1. The van der Waals surface area contributed by atoms with E-state index >= 15 is 0 Å². The number of hydrogen-bond donors (Lipinski definition) is 1. The number of rotatable bonds is 10. The predicted octanol–water partition coefficient (Wildman–Crippen LogP) is 6.85. The molecule has 0 saturated carbocycles. The Morgan fingerprint density at radius 1 is 0.930 bits per heavy atom. The van der Waals surface area contributed by atoms with Crippen LogP contribution in [-0.2, 0) is 4.74 Å². The van der Waals surface area contributed by atoms with Gasteiger partial charge in [-0.05, 0) is 78.2 Å². The number of pyridine rings is 1. The lowest BCUT2D eigenvalue weighted by molar-refractivity contribution is 0.0357. The minimum atomic E-state index is -0.156. The van der Waals surface area contributed by atoms with E-state index in [1.807, 2.05) is 85.8 Å². The van der Waals surface area contributed by atoms with Crippen LogP contribution in [0.15, 0.2) is 85.1 Å². The number of carbonyl (C=O) groups is 1. The number of hydrogen-bond acceptors (Lipinski definition) is 7. The third kappa shape index (κ3) is 6.71. The molecule has 1 N–H and O–H groups in total. The first-order valence-corrected chi connectivity index (χ1v) is 14.6. The topological polar surface area (TPSA) is 82.2 Å². The maximum Gasteiger partial charge on any atom is 0.256 e. The lowest BCUT2D eigenvalue weighted by Crippen LogP contribution is -2.37. The first-order chi connectivity index (χ1) is 21.1. The van der Waals surface area contributed by atoms with Gasteiger partial charge in [0.15, 0.2) is 11.5 Å². The van der Waals surface area contributed by atoms with Crippen LogP contribution in [0.4, 0.5) is 5.69 Å². The van der Waals surface area contributed by atoms with E-state index in [0.29, 0.717) is 35.2 Å². The van der Waals surface area contributed by atoms with E-state index in [0.717, 1.165) is 72.2 Å². The van der Waals surface area contributed by atoms with Crippen LogP contribution in [0.5, 0.6) is 23.0 Å². The zero-order valence-corrected chi connectivity index (χ0v) is 24.5. The molecule has 1 aromatic heterocycles. The van der Waals surface area contributed by atoms with Crippen molar-refractivity contribution in [3.8, 4) is 23.0 Å². The van der Waals surface area contributed by atoms with E-state index < -0.39 is 0 Å². The number of carbonyl (C=O) groups excluding carboxylic acids is 1. The predicted molar refractivity (Wildman–Crippen MR) is 169 cm³/mol. The molecule has 0 aliphatic carbocycles. The Morgan fingerprint density at radius 2 is 1.79 bits per heavy atom. The monoisotopic (exact) mass is 577 g/mol. The number of fused-ring (bicyclic) bond motifs is 2. The lowest BCUT2D eigenvalue weighted by atomic mass is 10.0. The van der Waals surface area contributed by atoms with Gasteiger partial charge in [0.2, 0.25) is 0 Å². The van der Waals surface area contributed by atoms with E-state index in [1.165, 1.54) is 0 Å². The second-order valence-corrected chi connectivity index (χ2v) is 10.6. The lowest BCUT2D eigenvalue weighted by Gasteiger charge is -2.26. The molecule has 2 heterocycles. The maximum atomic E-state index is 13.1. The first kappa shape index (κ1) is 28.5. The number of morpholine rings is 1. The molecule has 0 atom stereocenters. The Labute approximate surface area is 251 Å². The van der Waals surface area contributed by atoms with Crippen molar-refractivity contribution in [2.24, 2.45) is 0 Å². The fourth-order valence-electron chi connectivity index (χ4n) is 5.36. The molecule has 1 aliphatic rings. The van der Waals surface area contributed by atoms with Gasteiger partial charge in [0, 0.05) is 48.5 Å². The van der Waals surface area contributed by atoms with E-state index in [9.17, 15) is 4.79 Å². The summed E-state index contributed by atoms with van der Waals surface area (Å²) in [5.74, 6) is 2.42. The second kappa shape index (κ2) is 13.1. The summed E-state index contributed by atoms with van der Waals surface area (Å²) in [5, 5.41) is 5.56. The minimum absolute atomic E-state index is 0.156. The summed E-state index contributed by atoms with van der Waals surface area (Å²) in [6.07, 6.45) is 2.64. The number of amides is 1. The Balaban J connectivity index is 1.19. The third-order valence-electron chi connectivity index (χ3n) is 7.57. The van der Waals surface area contributed by atoms with Gasteiger partial charge in [-0.25, -0.2) is 0 Å². The number of benzene rings is 4. The maximum absolute atomic E-state index is 13.1. The SMILES string of the molecule is COc1cc2c(Oc3ccc4c(C(=O)Nc5cccc(C)c5)cccc4c3)ccnc2cc1OCCCN1CCOCC1. The van der Waals surface area contributed by atoms with Gasteiger partial charge in [0.1, 0.15) is 11.5 Å². The van der Waals surface area contributed by atoms with Crippen LogP contribution in [0.2, 0.25) is 0 Å². The van der Waals surface area contributed by atoms with Gasteiger partial charge in [0.25, 0.3) is 5.91 Å². The molecule has 8 heteroatoms. The van der Waals surface area contributed by atoms with Gasteiger partial charge in [-0.15, -0.1) is 0 Å². The molecule has 1 aliphatic heterocycles. The van der Waals surface area contributed by atoms with E-state index in [2.05, 4.69) is 15.2 Å². The highest BCUT2D eigenvalue weighted by atomic mass is 16.5. The molecule has 0 radical (unpaired) electrons. The van der Waals surface area contributed by atoms with E-state index in [1.54, 1.807) is 13.3 Å². The smallest absolute Gasteiger partial charge is 0.256 e. The summed E-state index contributed by atoms with van der Waals surface area (Å²) in [6, 6.07) is 24.8. The Kier molecular flexibility index (Phi) is 8.67. The number of nitrogens with one attached hydrogen (secondary N) is 1. The molecule has 4 aromatic carbocycles. The summed E-state index contributed by atoms with van der Waals surface area (Å²) >= 11 is 0. The second-order valence-electron chi connectivity index (χ2n) is 10.6. The van der Waals surface area contributed by atoms with Crippen molar-refractivity contribution in [2.75, 3.05) is 51.9 Å². The highest BCUT2D eigenvalue weighted by molar-refractivity contribution is 6.13. The van der Waals surface area contributed by atoms with Crippen LogP contribution in [0.25, 0.3) is 21.7 Å². The van der Waals surface area contributed by atoms with E-state index in [-0.39, 0.29) is 5.91 Å². The number of aryl methyl sites for hydroxylation is 1. The zero-order valence-electron chi connectivity index (χ0n) is 24.5. The van der Waals surface area contributed by atoms with Gasteiger partial charge in [-0.1, -0.05) is 24.3 Å². The van der Waals surface area contributed by atoms with Gasteiger partial charge in [-0.2, -0.15) is 0 Å². The molecule has 0 unspecified atom stereocenters. The average molecular weight is 578 g/mol. The summed E-state index contributed by atoms with van der Waals surface area (Å²) in [7, 11) is 1.63. The van der Waals surface area contributed by atoms with Crippen LogP contribution in [0, 0.1) is 6.92 Å². The summed E-state index contributed by atoms with van der Waals surface area (Å²) in [4.78, 5) is 20.1. The molecule has 8 nitrogen and oxygen atoms in total. The molecule has 220 valence electrons. The van der Waals surface area contributed by atoms with Crippen molar-refractivity contribution in [1.82, 2.24) is 9.88 Å². The molecule has 1 amide bonds. The van der Waals surface area contributed by atoms with Crippen molar-refractivity contribution in [3.05, 3.63) is 96.2 Å². The zero-order chi connectivity index (χ0) is 29.6. The standard InChI is InChI=1S/C35H35N3O5/c1-24-6-3-8-26(20-24)37-35(39)29-9-4-7-25-21-27(10-11-28(25)29)43-32-12-13-36-31-23-34(33(40-2)22-30(31)32)42-17-5-14-38-15-18-41-19-16-38/h3-4,6-13,20-23H,5,14-19H2,1-2H3,(H,37,39). The van der Waals surface area contributed by atoms with Gasteiger partial charge in [-0.3, -0.25) is 14.7 Å². The van der Waals surface area contributed by atoms with Crippen LogP contribution in [-0.4, -0.2) is 62.4 Å². The molecular weight excluding hydrogens is 542 g/mol. The molecule has 5 aromatic rings. The highest BCUT2D eigenvalue weighted by Gasteiger charge is 2.15. The molecular formula is C35H35N3O5. The van der Waals surface area contributed by atoms with Gasteiger partial charge in [0.05, 0.1) is 32.4 Å². The highest BCUT2D eigenvalue weighted by Crippen LogP contribution is 2.38. The normalized spacial score (nSPS) is 13.6. The number of methoxy groups -OCH3 is 1. The Hall–Kier alpha value is -4.66. The van der Waals surface area contributed by atoms with Crippen LogP contribution in [0.3, 0.4) is 0 Å². The Morgan fingerprint density at radius 3 is 2.63 bits per heavy atom.